The van der Waals surface area contributed by atoms with Crippen LogP contribution in [0.2, 0.25) is 5.02 Å². The van der Waals surface area contributed by atoms with Gasteiger partial charge in [0.25, 0.3) is 0 Å². The van der Waals surface area contributed by atoms with Crippen LogP contribution >= 0.6 is 23.4 Å². The lowest BCUT2D eigenvalue weighted by Gasteiger charge is -2.08. The molecule has 0 fully saturated rings. The monoisotopic (exact) mass is 307 g/mol. The Balaban J connectivity index is 1.94. The van der Waals surface area contributed by atoms with E-state index in [0.29, 0.717) is 15.6 Å². The summed E-state index contributed by atoms with van der Waals surface area (Å²) < 4.78 is 0. The third kappa shape index (κ3) is 3.92. The van der Waals surface area contributed by atoms with Crippen molar-refractivity contribution in [2.24, 2.45) is 0 Å². The van der Waals surface area contributed by atoms with Gasteiger partial charge in [0.05, 0.1) is 16.5 Å². The van der Waals surface area contributed by atoms with Crippen molar-refractivity contribution >= 4 is 35.0 Å². The summed E-state index contributed by atoms with van der Waals surface area (Å²) in [4.78, 5) is 12.5. The van der Waals surface area contributed by atoms with Crippen LogP contribution in [-0.4, -0.2) is 16.8 Å². The van der Waals surface area contributed by atoms with Gasteiger partial charge in [0.1, 0.15) is 5.75 Å². The van der Waals surface area contributed by atoms with Crippen molar-refractivity contribution < 1.29 is 9.90 Å². The van der Waals surface area contributed by atoms with Gasteiger partial charge in [-0.25, -0.2) is 0 Å². The molecule has 1 amide bonds. The highest BCUT2D eigenvalue weighted by atomic mass is 35.5. The van der Waals surface area contributed by atoms with Crippen molar-refractivity contribution in [1.29, 1.82) is 0 Å². The molecule has 0 bridgehead atoms. The molecule has 3 nitrogen and oxygen atoms in total. The molecule has 0 radical (unpaired) electrons. The summed E-state index contributed by atoms with van der Waals surface area (Å²) in [7, 11) is 0. The maximum atomic E-state index is 11.9. The predicted molar refractivity (Wildman–Crippen MR) is 83.6 cm³/mol. The maximum absolute atomic E-state index is 11.9. The Morgan fingerprint density at radius 1 is 1.30 bits per heavy atom. The van der Waals surface area contributed by atoms with Gasteiger partial charge in [-0.15, -0.1) is 11.8 Å². The van der Waals surface area contributed by atoms with Crippen molar-refractivity contribution in [3.8, 4) is 5.75 Å². The Morgan fingerprint density at radius 2 is 2.05 bits per heavy atom. The summed E-state index contributed by atoms with van der Waals surface area (Å²) >= 11 is 7.33. The third-order valence-electron chi connectivity index (χ3n) is 2.62. The van der Waals surface area contributed by atoms with Crippen LogP contribution in [0.3, 0.4) is 0 Å². The number of carbonyl (C=O) groups is 1. The SMILES string of the molecule is Cc1ccc(NC(=O)CSc2ccccc2O)c(Cl)c1. The van der Waals surface area contributed by atoms with Gasteiger partial charge < -0.3 is 10.4 Å². The van der Waals surface area contributed by atoms with E-state index < -0.39 is 0 Å². The number of nitrogens with one attached hydrogen (secondary N) is 1. The minimum Gasteiger partial charge on any atom is -0.507 e. The largest absolute Gasteiger partial charge is 0.507 e. The first-order valence-electron chi connectivity index (χ1n) is 6.03. The number of aryl methyl sites for hydroxylation is 1. The Labute approximate surface area is 127 Å². The lowest BCUT2D eigenvalue weighted by atomic mass is 10.2. The van der Waals surface area contributed by atoms with Crippen LogP contribution in [0.4, 0.5) is 5.69 Å². The fraction of sp³-hybridized carbons (Fsp3) is 0.133. The fourth-order valence-corrected chi connectivity index (χ4v) is 2.66. The highest BCUT2D eigenvalue weighted by molar-refractivity contribution is 8.00. The van der Waals surface area contributed by atoms with Gasteiger partial charge in [0, 0.05) is 4.90 Å². The minimum atomic E-state index is -0.163. The summed E-state index contributed by atoms with van der Waals surface area (Å²) in [5.74, 6) is 0.226. The Hall–Kier alpha value is -1.65. The molecular formula is C15H14ClNO2S. The normalized spacial score (nSPS) is 10.3. The number of aromatic hydroxyl groups is 1. The molecule has 104 valence electrons. The summed E-state index contributed by atoms with van der Waals surface area (Å²) in [6, 6.07) is 12.4. The van der Waals surface area contributed by atoms with Crippen LogP contribution in [0, 0.1) is 6.92 Å². The molecule has 0 saturated carbocycles. The van der Waals surface area contributed by atoms with Crippen LogP contribution in [0.15, 0.2) is 47.4 Å². The van der Waals surface area contributed by atoms with Gasteiger partial charge in [0.15, 0.2) is 0 Å². The van der Waals surface area contributed by atoms with Crippen molar-refractivity contribution in [3.05, 3.63) is 53.1 Å². The van der Waals surface area contributed by atoms with Crippen molar-refractivity contribution in [2.75, 3.05) is 11.1 Å². The van der Waals surface area contributed by atoms with Gasteiger partial charge in [-0.3, -0.25) is 4.79 Å². The van der Waals surface area contributed by atoms with E-state index >= 15 is 0 Å². The van der Waals surface area contributed by atoms with Gasteiger partial charge in [0.2, 0.25) is 5.91 Å². The second-order valence-corrected chi connectivity index (χ2v) is 5.71. The molecule has 0 unspecified atom stereocenters. The standard InChI is InChI=1S/C15H14ClNO2S/c1-10-6-7-12(11(16)8-10)17-15(19)9-20-14-5-3-2-4-13(14)18/h2-8,18H,9H2,1H3,(H,17,19). The lowest BCUT2D eigenvalue weighted by Crippen LogP contribution is -2.14. The molecule has 0 aromatic heterocycles. The first kappa shape index (κ1) is 14.8. The molecule has 2 N–H and O–H groups in total. The fourth-order valence-electron chi connectivity index (χ4n) is 1.63. The smallest absolute Gasteiger partial charge is 0.234 e. The van der Waals surface area contributed by atoms with Crippen LogP contribution < -0.4 is 5.32 Å². The summed E-state index contributed by atoms with van der Waals surface area (Å²) in [5, 5.41) is 12.9. The number of amides is 1. The topological polar surface area (TPSA) is 49.3 Å². The Morgan fingerprint density at radius 3 is 2.75 bits per heavy atom. The number of rotatable bonds is 4. The van der Waals surface area contributed by atoms with Gasteiger partial charge >= 0.3 is 0 Å². The van der Waals surface area contributed by atoms with Gasteiger partial charge in [-0.1, -0.05) is 29.8 Å². The van der Waals surface area contributed by atoms with Crippen LogP contribution in [0.5, 0.6) is 5.75 Å². The average molecular weight is 308 g/mol. The Bertz CT molecular complexity index is 631. The maximum Gasteiger partial charge on any atom is 0.234 e. The number of carbonyl (C=O) groups excluding carboxylic acids is 1. The number of para-hydroxylation sites is 1. The number of thioether (sulfide) groups is 1. The second kappa shape index (κ2) is 6.68. The molecule has 0 heterocycles. The number of anilines is 1. The van der Waals surface area contributed by atoms with E-state index in [4.69, 9.17) is 11.6 Å². The third-order valence-corrected chi connectivity index (χ3v) is 4.00. The lowest BCUT2D eigenvalue weighted by molar-refractivity contribution is -0.113. The predicted octanol–water partition coefficient (Wildman–Crippen LogP) is 4.08. The van der Waals surface area contributed by atoms with Gasteiger partial charge in [-0.2, -0.15) is 0 Å². The van der Waals surface area contributed by atoms with E-state index in [0.717, 1.165) is 5.56 Å². The van der Waals surface area contributed by atoms with E-state index in [1.807, 2.05) is 19.1 Å². The summed E-state index contributed by atoms with van der Waals surface area (Å²) in [5.41, 5.74) is 1.64. The van der Waals surface area contributed by atoms with Crippen molar-refractivity contribution in [1.82, 2.24) is 0 Å². The number of halogens is 1. The van der Waals surface area contributed by atoms with Crippen LogP contribution in [-0.2, 0) is 4.79 Å². The number of benzene rings is 2. The molecule has 0 spiro atoms. The van der Waals surface area contributed by atoms with E-state index in [9.17, 15) is 9.90 Å². The molecule has 20 heavy (non-hydrogen) atoms. The molecule has 0 aliphatic carbocycles. The first-order valence-corrected chi connectivity index (χ1v) is 7.39. The zero-order valence-corrected chi connectivity index (χ0v) is 12.5. The molecule has 2 aromatic rings. The molecule has 0 aliphatic heterocycles. The Kier molecular flexibility index (Phi) is 4.93. The van der Waals surface area contributed by atoms with E-state index in [1.165, 1.54) is 11.8 Å². The first-order chi connectivity index (χ1) is 9.56. The minimum absolute atomic E-state index is 0.163. The molecule has 0 atom stereocenters. The van der Waals surface area contributed by atoms with E-state index in [-0.39, 0.29) is 17.4 Å². The number of phenolic OH excluding ortho intramolecular Hbond substituents is 1. The highest BCUT2D eigenvalue weighted by Gasteiger charge is 2.08. The molecular weight excluding hydrogens is 294 g/mol. The van der Waals surface area contributed by atoms with Crippen LogP contribution in [0.1, 0.15) is 5.56 Å². The highest BCUT2D eigenvalue weighted by Crippen LogP contribution is 2.28. The summed E-state index contributed by atoms with van der Waals surface area (Å²) in [6.45, 7) is 1.94. The molecule has 0 aliphatic rings. The number of hydrogen-bond donors (Lipinski definition) is 2. The van der Waals surface area contributed by atoms with E-state index in [2.05, 4.69) is 5.32 Å². The van der Waals surface area contributed by atoms with Gasteiger partial charge in [-0.05, 0) is 36.8 Å². The molecule has 2 rings (SSSR count). The summed E-state index contributed by atoms with van der Waals surface area (Å²) in [6.07, 6.45) is 0. The number of hydrogen-bond acceptors (Lipinski definition) is 3. The zero-order chi connectivity index (χ0) is 14.5. The molecule has 2 aromatic carbocycles. The average Bonchev–Trinajstić information content (AvgIpc) is 2.41. The van der Waals surface area contributed by atoms with Crippen molar-refractivity contribution in [3.63, 3.8) is 0 Å². The number of phenols is 1. The van der Waals surface area contributed by atoms with E-state index in [1.54, 1.807) is 30.3 Å². The quantitative estimate of drug-likeness (QED) is 0.837. The van der Waals surface area contributed by atoms with Crippen molar-refractivity contribution in [2.45, 2.75) is 11.8 Å². The second-order valence-electron chi connectivity index (χ2n) is 4.29. The molecule has 0 saturated heterocycles. The molecule has 5 heteroatoms. The zero-order valence-electron chi connectivity index (χ0n) is 10.9. The van der Waals surface area contributed by atoms with Crippen LogP contribution in [0.25, 0.3) is 0 Å².